The normalized spacial score (nSPS) is 18.0. The van der Waals surface area contributed by atoms with Gasteiger partial charge in [0.2, 0.25) is 0 Å². The second-order valence-corrected chi connectivity index (χ2v) is 6.98. The minimum atomic E-state index is -0.735. The minimum Gasteiger partial charge on any atom is -0.503 e. The highest BCUT2D eigenvalue weighted by Crippen LogP contribution is 2.43. The summed E-state index contributed by atoms with van der Waals surface area (Å²) in [6.45, 7) is 5.83. The maximum absolute atomic E-state index is 13.0. The van der Waals surface area contributed by atoms with Crippen molar-refractivity contribution in [2.45, 2.75) is 26.8 Å². The summed E-state index contributed by atoms with van der Waals surface area (Å²) in [5, 5.41) is 10.4. The lowest BCUT2D eigenvalue weighted by molar-refractivity contribution is -0.130. The van der Waals surface area contributed by atoms with Crippen molar-refractivity contribution in [1.82, 2.24) is 4.90 Å². The first-order valence-corrected chi connectivity index (χ1v) is 8.14. The average molecular weight is 347 g/mol. The molecule has 1 aromatic carbocycles. The molecule has 1 aromatic rings. The summed E-state index contributed by atoms with van der Waals surface area (Å²) >= 11 is 0. The summed E-state index contributed by atoms with van der Waals surface area (Å²) in [5.74, 6) is -0.779. The molecule has 6 nitrogen and oxygen atoms in total. The van der Waals surface area contributed by atoms with Crippen LogP contribution in [0.2, 0.25) is 0 Å². The van der Waals surface area contributed by atoms with Crippen molar-refractivity contribution >= 4 is 11.7 Å². The van der Waals surface area contributed by atoms with Gasteiger partial charge in [0, 0.05) is 24.6 Å². The van der Waals surface area contributed by atoms with Crippen molar-refractivity contribution in [2.24, 2.45) is 5.41 Å². The van der Waals surface area contributed by atoms with E-state index in [1.165, 1.54) is 19.1 Å². The number of carbonyl (C=O) groups excluding carboxylic acids is 2. The number of aliphatic hydroxyl groups excluding tert-OH is 1. The molecule has 0 aromatic heterocycles. The second kappa shape index (κ2) is 7.27. The number of ether oxygens (including phenoxy) is 2. The van der Waals surface area contributed by atoms with Gasteiger partial charge in [0.25, 0.3) is 5.91 Å². The van der Waals surface area contributed by atoms with Gasteiger partial charge < -0.3 is 19.5 Å². The number of rotatable bonds is 6. The molecule has 136 valence electrons. The van der Waals surface area contributed by atoms with Gasteiger partial charge in [-0.25, -0.2) is 0 Å². The van der Waals surface area contributed by atoms with Crippen LogP contribution < -0.4 is 4.74 Å². The van der Waals surface area contributed by atoms with Crippen LogP contribution in [0.1, 0.15) is 32.4 Å². The molecule has 1 heterocycles. The summed E-state index contributed by atoms with van der Waals surface area (Å²) in [7, 11) is 3.07. The summed E-state index contributed by atoms with van der Waals surface area (Å²) in [6.07, 6.45) is 0. The fourth-order valence-electron chi connectivity index (χ4n) is 2.93. The molecule has 1 amide bonds. The van der Waals surface area contributed by atoms with Gasteiger partial charge >= 0.3 is 0 Å². The van der Waals surface area contributed by atoms with Crippen LogP contribution in [0.4, 0.5) is 0 Å². The molecule has 1 atom stereocenters. The topological polar surface area (TPSA) is 76.1 Å². The van der Waals surface area contributed by atoms with E-state index in [9.17, 15) is 14.7 Å². The van der Waals surface area contributed by atoms with Crippen LogP contribution >= 0.6 is 0 Å². The first kappa shape index (κ1) is 19.0. The zero-order valence-corrected chi connectivity index (χ0v) is 15.3. The Morgan fingerprint density at radius 3 is 2.44 bits per heavy atom. The smallest absolute Gasteiger partial charge is 0.290 e. The van der Waals surface area contributed by atoms with Crippen molar-refractivity contribution in [3.8, 4) is 5.75 Å². The van der Waals surface area contributed by atoms with Gasteiger partial charge in [0.05, 0.1) is 25.3 Å². The van der Waals surface area contributed by atoms with E-state index in [0.29, 0.717) is 17.9 Å². The Morgan fingerprint density at radius 1 is 1.24 bits per heavy atom. The van der Waals surface area contributed by atoms with Gasteiger partial charge in [-0.3, -0.25) is 9.59 Å². The van der Waals surface area contributed by atoms with E-state index in [0.717, 1.165) is 0 Å². The van der Waals surface area contributed by atoms with Crippen LogP contribution in [-0.4, -0.2) is 49.1 Å². The molecule has 0 bridgehead atoms. The highest BCUT2D eigenvalue weighted by atomic mass is 16.5. The Hall–Kier alpha value is -2.34. The number of carbonyl (C=O) groups is 2. The Kier molecular flexibility index (Phi) is 5.52. The van der Waals surface area contributed by atoms with Crippen molar-refractivity contribution in [3.05, 3.63) is 41.2 Å². The SMILES string of the molecule is COCCN1C(=O)C(O)=C(C(=O)C(C)(C)C)C1c1ccccc1OC. The number of nitrogens with zero attached hydrogens (tertiary/aromatic N) is 1. The molecule has 0 fully saturated rings. The fourth-order valence-corrected chi connectivity index (χ4v) is 2.93. The molecule has 0 saturated heterocycles. The molecule has 0 radical (unpaired) electrons. The van der Waals surface area contributed by atoms with Crippen LogP contribution in [0.25, 0.3) is 0 Å². The number of aliphatic hydroxyl groups is 1. The molecule has 0 saturated carbocycles. The molecule has 1 N–H and O–H groups in total. The molecule has 0 aliphatic carbocycles. The van der Waals surface area contributed by atoms with Gasteiger partial charge in [-0.2, -0.15) is 0 Å². The third-order valence-electron chi connectivity index (χ3n) is 4.20. The molecular formula is C19H25NO5. The second-order valence-electron chi connectivity index (χ2n) is 6.98. The van der Waals surface area contributed by atoms with E-state index >= 15 is 0 Å². The molecular weight excluding hydrogens is 322 g/mol. The molecule has 1 aliphatic heterocycles. The van der Waals surface area contributed by atoms with Crippen molar-refractivity contribution in [1.29, 1.82) is 0 Å². The summed E-state index contributed by atoms with van der Waals surface area (Å²) < 4.78 is 10.5. The zero-order chi connectivity index (χ0) is 18.8. The Morgan fingerprint density at radius 2 is 1.88 bits per heavy atom. The Bertz CT molecular complexity index is 702. The maximum Gasteiger partial charge on any atom is 0.290 e. The highest BCUT2D eigenvalue weighted by Gasteiger charge is 2.46. The number of hydrogen-bond donors (Lipinski definition) is 1. The predicted molar refractivity (Wildman–Crippen MR) is 93.4 cm³/mol. The first-order chi connectivity index (χ1) is 11.7. The lowest BCUT2D eigenvalue weighted by Gasteiger charge is -2.29. The first-order valence-electron chi connectivity index (χ1n) is 8.14. The number of hydrogen-bond acceptors (Lipinski definition) is 5. The largest absolute Gasteiger partial charge is 0.503 e. The summed E-state index contributed by atoms with van der Waals surface area (Å²) in [4.78, 5) is 27.0. The van der Waals surface area contributed by atoms with Gasteiger partial charge in [-0.1, -0.05) is 39.0 Å². The predicted octanol–water partition coefficient (Wildman–Crippen LogP) is 2.65. The highest BCUT2D eigenvalue weighted by molar-refractivity contribution is 6.10. The molecule has 2 rings (SSSR count). The van der Waals surface area contributed by atoms with E-state index < -0.39 is 23.1 Å². The average Bonchev–Trinajstić information content (AvgIpc) is 2.82. The quantitative estimate of drug-likeness (QED) is 0.856. The van der Waals surface area contributed by atoms with Crippen LogP contribution in [0.15, 0.2) is 35.6 Å². The molecule has 6 heteroatoms. The monoisotopic (exact) mass is 347 g/mol. The zero-order valence-electron chi connectivity index (χ0n) is 15.3. The van der Waals surface area contributed by atoms with E-state index in [1.54, 1.807) is 32.9 Å². The summed E-state index contributed by atoms with van der Waals surface area (Å²) in [6, 6.07) is 6.48. The minimum absolute atomic E-state index is 0.109. The van der Waals surface area contributed by atoms with Gasteiger partial charge in [0.15, 0.2) is 11.5 Å². The molecule has 0 spiro atoms. The van der Waals surface area contributed by atoms with Gasteiger partial charge in [-0.15, -0.1) is 0 Å². The van der Waals surface area contributed by atoms with Crippen molar-refractivity contribution in [2.75, 3.05) is 27.4 Å². The van der Waals surface area contributed by atoms with Crippen LogP contribution in [0.5, 0.6) is 5.75 Å². The van der Waals surface area contributed by atoms with Crippen molar-refractivity contribution in [3.63, 3.8) is 0 Å². The molecule has 1 unspecified atom stereocenters. The third-order valence-corrected chi connectivity index (χ3v) is 4.20. The van der Waals surface area contributed by atoms with Crippen LogP contribution in [0.3, 0.4) is 0 Å². The van der Waals surface area contributed by atoms with Crippen LogP contribution in [0, 0.1) is 5.41 Å². The lowest BCUT2D eigenvalue weighted by atomic mass is 9.82. The number of para-hydroxylation sites is 1. The number of methoxy groups -OCH3 is 2. The Balaban J connectivity index is 2.61. The van der Waals surface area contributed by atoms with Crippen molar-refractivity contribution < 1.29 is 24.2 Å². The maximum atomic E-state index is 13.0. The fraction of sp³-hybridized carbons (Fsp3) is 0.474. The Labute approximate surface area is 148 Å². The molecule has 25 heavy (non-hydrogen) atoms. The lowest BCUT2D eigenvalue weighted by Crippen LogP contribution is -2.35. The van der Waals surface area contributed by atoms with E-state index in [2.05, 4.69) is 0 Å². The number of amides is 1. The third kappa shape index (κ3) is 3.54. The van der Waals surface area contributed by atoms with Crippen LogP contribution in [-0.2, 0) is 14.3 Å². The van der Waals surface area contributed by atoms with Gasteiger partial charge in [0.1, 0.15) is 5.75 Å². The van der Waals surface area contributed by atoms with E-state index in [1.807, 2.05) is 12.1 Å². The number of ketones is 1. The van der Waals surface area contributed by atoms with E-state index in [4.69, 9.17) is 9.47 Å². The summed E-state index contributed by atoms with van der Waals surface area (Å²) in [5.41, 5.74) is 0.0328. The standard InChI is InChI=1S/C19H25NO5/c1-19(2,3)17(22)14-15(12-8-6-7-9-13(12)25-5)20(10-11-24-4)18(23)16(14)21/h6-9,15,21H,10-11H2,1-5H3. The van der Waals surface area contributed by atoms with Gasteiger partial charge in [-0.05, 0) is 6.07 Å². The number of Topliss-reactive ketones (excluding diaryl/α,β-unsaturated/α-hetero) is 1. The number of benzene rings is 1. The van der Waals surface area contributed by atoms with E-state index in [-0.39, 0.29) is 17.9 Å². The molecule has 1 aliphatic rings.